The van der Waals surface area contributed by atoms with Gasteiger partial charge in [0.25, 0.3) is 0 Å². The van der Waals surface area contributed by atoms with Crippen LogP contribution in [-0.2, 0) is 20.8 Å². The number of para-hydroxylation sites is 2. The quantitative estimate of drug-likeness (QED) is 0.635. The highest BCUT2D eigenvalue weighted by molar-refractivity contribution is 6.09. The summed E-state index contributed by atoms with van der Waals surface area (Å²) in [6.07, 6.45) is 1.57. The van der Waals surface area contributed by atoms with Gasteiger partial charge in [-0.3, -0.25) is 19.3 Å². The maximum atomic E-state index is 13.8. The number of nitrogens with zero attached hydrogens (tertiary/aromatic N) is 1. The van der Waals surface area contributed by atoms with Crippen LogP contribution in [0.15, 0.2) is 54.6 Å². The second-order valence-corrected chi connectivity index (χ2v) is 9.78. The highest BCUT2D eigenvalue weighted by atomic mass is 16.5. The summed E-state index contributed by atoms with van der Waals surface area (Å²) in [4.78, 5) is 42.3. The third kappa shape index (κ3) is 3.81. The number of hydrogen-bond donors (Lipinski definition) is 1. The molecule has 2 aromatic rings. The van der Waals surface area contributed by atoms with Gasteiger partial charge in [-0.15, -0.1) is 0 Å². The molecule has 1 aliphatic heterocycles. The standard InChI is InChI=1S/C27H32N2O4/c1-5-33-22-14-10-9-13-20(22)28-23(30)21(17-18-11-7-6-8-12-18)29-24(31)19-15-16-27(4,25(29)32)26(19,2)3/h6-14,19,21H,5,15-17H2,1-4H3,(H,28,30). The first-order valence-corrected chi connectivity index (χ1v) is 11.6. The molecule has 6 nitrogen and oxygen atoms in total. The summed E-state index contributed by atoms with van der Waals surface area (Å²) in [6.45, 7) is 8.28. The zero-order chi connectivity index (χ0) is 23.8. The summed E-state index contributed by atoms with van der Waals surface area (Å²) >= 11 is 0. The molecule has 3 amide bonds. The SMILES string of the molecule is CCOc1ccccc1NC(=O)C(Cc1ccccc1)N1C(=O)C2CCC(C)(C1=O)C2(C)C. The molecule has 1 saturated carbocycles. The summed E-state index contributed by atoms with van der Waals surface area (Å²) in [6, 6.07) is 15.7. The second kappa shape index (κ2) is 8.65. The lowest BCUT2D eigenvalue weighted by Crippen LogP contribution is -2.64. The van der Waals surface area contributed by atoms with E-state index in [1.807, 2.05) is 70.2 Å². The molecule has 1 heterocycles. The molecular formula is C27H32N2O4. The van der Waals surface area contributed by atoms with Crippen molar-refractivity contribution < 1.29 is 19.1 Å². The van der Waals surface area contributed by atoms with Crippen LogP contribution in [0.5, 0.6) is 5.75 Å². The zero-order valence-corrected chi connectivity index (χ0v) is 19.8. The molecule has 1 aliphatic carbocycles. The summed E-state index contributed by atoms with van der Waals surface area (Å²) in [5.74, 6) is -0.608. The number of anilines is 1. The number of carbonyl (C=O) groups is 3. The Morgan fingerprint density at radius 1 is 1.09 bits per heavy atom. The lowest BCUT2D eigenvalue weighted by molar-refractivity contribution is -0.172. The first-order valence-electron chi connectivity index (χ1n) is 11.6. The van der Waals surface area contributed by atoms with Crippen LogP contribution in [0.1, 0.15) is 46.1 Å². The molecule has 0 spiro atoms. The topological polar surface area (TPSA) is 75.7 Å². The van der Waals surface area contributed by atoms with Crippen LogP contribution in [0.25, 0.3) is 0 Å². The number of fused-ring (bicyclic) bond motifs is 2. The molecule has 2 bridgehead atoms. The van der Waals surface area contributed by atoms with Gasteiger partial charge in [-0.25, -0.2) is 0 Å². The fraction of sp³-hybridized carbons (Fsp3) is 0.444. The third-order valence-corrected chi connectivity index (χ3v) is 7.78. The maximum absolute atomic E-state index is 13.8. The summed E-state index contributed by atoms with van der Waals surface area (Å²) in [7, 11) is 0. The van der Waals surface area contributed by atoms with E-state index in [0.29, 0.717) is 30.9 Å². The molecule has 1 N–H and O–H groups in total. The Bertz CT molecular complexity index is 1060. The number of ether oxygens (including phenoxy) is 1. The molecule has 174 valence electrons. The van der Waals surface area contributed by atoms with E-state index >= 15 is 0 Å². The highest BCUT2D eigenvalue weighted by Crippen LogP contribution is 2.60. The van der Waals surface area contributed by atoms with Gasteiger partial charge < -0.3 is 10.1 Å². The number of piperidine rings is 1. The van der Waals surface area contributed by atoms with E-state index in [2.05, 4.69) is 5.32 Å². The van der Waals surface area contributed by atoms with E-state index in [4.69, 9.17) is 4.74 Å². The molecule has 3 atom stereocenters. The van der Waals surface area contributed by atoms with Crippen molar-refractivity contribution in [2.24, 2.45) is 16.7 Å². The fourth-order valence-corrected chi connectivity index (χ4v) is 5.35. The van der Waals surface area contributed by atoms with E-state index < -0.39 is 22.8 Å². The van der Waals surface area contributed by atoms with Gasteiger partial charge >= 0.3 is 0 Å². The van der Waals surface area contributed by atoms with Crippen molar-refractivity contribution >= 4 is 23.4 Å². The Hall–Kier alpha value is -3.15. The minimum absolute atomic E-state index is 0.242. The van der Waals surface area contributed by atoms with E-state index in [1.54, 1.807) is 12.1 Å². The molecule has 2 fully saturated rings. The zero-order valence-electron chi connectivity index (χ0n) is 19.8. The van der Waals surface area contributed by atoms with Crippen LogP contribution in [0.3, 0.4) is 0 Å². The van der Waals surface area contributed by atoms with E-state index in [9.17, 15) is 14.4 Å². The molecule has 0 aromatic heterocycles. The average Bonchev–Trinajstić information content (AvgIpc) is 2.98. The van der Waals surface area contributed by atoms with Gasteiger partial charge in [0.15, 0.2) is 0 Å². The molecule has 0 radical (unpaired) electrons. The Labute approximate surface area is 195 Å². The van der Waals surface area contributed by atoms with Crippen molar-refractivity contribution in [2.75, 3.05) is 11.9 Å². The van der Waals surface area contributed by atoms with E-state index in [-0.39, 0.29) is 24.2 Å². The van der Waals surface area contributed by atoms with Crippen molar-refractivity contribution in [2.45, 2.75) is 53.0 Å². The average molecular weight is 449 g/mol. The van der Waals surface area contributed by atoms with Gasteiger partial charge in [-0.05, 0) is 42.9 Å². The first kappa shape index (κ1) is 23.0. The van der Waals surface area contributed by atoms with E-state index in [1.165, 1.54) is 4.90 Å². The van der Waals surface area contributed by atoms with Gasteiger partial charge in [0.05, 0.1) is 17.7 Å². The smallest absolute Gasteiger partial charge is 0.248 e. The normalized spacial score (nSPS) is 24.5. The van der Waals surface area contributed by atoms with Gasteiger partial charge in [0.1, 0.15) is 11.8 Å². The van der Waals surface area contributed by atoms with Crippen LogP contribution in [0.4, 0.5) is 5.69 Å². The largest absolute Gasteiger partial charge is 0.492 e. The molecule has 4 rings (SSSR count). The van der Waals surface area contributed by atoms with Crippen molar-refractivity contribution in [3.05, 3.63) is 60.2 Å². The Kier molecular flexibility index (Phi) is 6.04. The number of carbonyl (C=O) groups excluding carboxylic acids is 3. The Balaban J connectivity index is 1.71. The van der Waals surface area contributed by atoms with Crippen molar-refractivity contribution in [3.63, 3.8) is 0 Å². The summed E-state index contributed by atoms with van der Waals surface area (Å²) < 4.78 is 5.65. The predicted molar refractivity (Wildman–Crippen MR) is 127 cm³/mol. The number of likely N-dealkylation sites (tertiary alicyclic amines) is 1. The van der Waals surface area contributed by atoms with Gasteiger partial charge in [0.2, 0.25) is 17.7 Å². The first-order chi connectivity index (χ1) is 15.7. The van der Waals surface area contributed by atoms with Crippen molar-refractivity contribution in [3.8, 4) is 5.75 Å². The molecule has 3 unspecified atom stereocenters. The highest BCUT2D eigenvalue weighted by Gasteiger charge is 2.65. The number of amides is 3. The van der Waals surface area contributed by atoms with Crippen LogP contribution in [0.2, 0.25) is 0 Å². The molecular weight excluding hydrogens is 416 g/mol. The van der Waals surface area contributed by atoms with Crippen LogP contribution in [0, 0.1) is 16.7 Å². The number of benzene rings is 2. The second-order valence-electron chi connectivity index (χ2n) is 9.78. The summed E-state index contributed by atoms with van der Waals surface area (Å²) in [5, 5.41) is 2.93. The molecule has 2 aromatic carbocycles. The Morgan fingerprint density at radius 2 is 1.76 bits per heavy atom. The van der Waals surface area contributed by atoms with Crippen LogP contribution < -0.4 is 10.1 Å². The number of hydrogen-bond acceptors (Lipinski definition) is 4. The minimum atomic E-state index is -0.946. The maximum Gasteiger partial charge on any atom is 0.248 e. The predicted octanol–water partition coefficient (Wildman–Crippen LogP) is 4.45. The monoisotopic (exact) mass is 448 g/mol. The fourth-order valence-electron chi connectivity index (χ4n) is 5.35. The lowest BCUT2D eigenvalue weighted by Gasteiger charge is -2.49. The number of nitrogens with one attached hydrogen (secondary N) is 1. The van der Waals surface area contributed by atoms with Crippen LogP contribution in [-0.4, -0.2) is 35.3 Å². The Morgan fingerprint density at radius 3 is 2.45 bits per heavy atom. The number of rotatable bonds is 7. The lowest BCUT2D eigenvalue weighted by atomic mass is 9.62. The van der Waals surface area contributed by atoms with E-state index in [0.717, 1.165) is 5.56 Å². The van der Waals surface area contributed by atoms with Crippen LogP contribution >= 0.6 is 0 Å². The molecule has 6 heteroatoms. The van der Waals surface area contributed by atoms with Crippen molar-refractivity contribution in [1.29, 1.82) is 0 Å². The van der Waals surface area contributed by atoms with Gasteiger partial charge in [-0.2, -0.15) is 0 Å². The van der Waals surface area contributed by atoms with Gasteiger partial charge in [-0.1, -0.05) is 63.2 Å². The summed E-state index contributed by atoms with van der Waals surface area (Å²) in [5.41, 5.74) is 0.296. The minimum Gasteiger partial charge on any atom is -0.492 e. The number of imide groups is 1. The third-order valence-electron chi connectivity index (χ3n) is 7.78. The molecule has 1 saturated heterocycles. The molecule has 33 heavy (non-hydrogen) atoms. The molecule has 2 aliphatic rings. The van der Waals surface area contributed by atoms with Gasteiger partial charge in [0, 0.05) is 12.3 Å². The van der Waals surface area contributed by atoms with Crippen molar-refractivity contribution in [1.82, 2.24) is 4.90 Å².